The molecule has 1 heterocycles. The maximum atomic E-state index is 3.45. The van der Waals surface area contributed by atoms with Gasteiger partial charge in [-0.2, -0.15) is 0 Å². The van der Waals surface area contributed by atoms with Crippen LogP contribution in [0.4, 0.5) is 0 Å². The van der Waals surface area contributed by atoms with Gasteiger partial charge in [-0.25, -0.2) is 0 Å². The number of fused-ring (bicyclic) bond motifs is 3. The lowest BCUT2D eigenvalue weighted by Crippen LogP contribution is -2.31. The summed E-state index contributed by atoms with van der Waals surface area (Å²) < 4.78 is 0. The van der Waals surface area contributed by atoms with Gasteiger partial charge in [0.1, 0.15) is 0 Å². The summed E-state index contributed by atoms with van der Waals surface area (Å²) in [6.07, 6.45) is 11.8. The van der Waals surface area contributed by atoms with E-state index in [2.05, 4.69) is 29.6 Å². The van der Waals surface area contributed by atoms with Crippen molar-refractivity contribution in [3.63, 3.8) is 0 Å². The molecule has 1 nitrogen and oxygen atoms in total. The first-order valence-electron chi connectivity index (χ1n) is 5.23. The molecule has 2 unspecified atom stereocenters. The molecule has 1 aliphatic heterocycles. The molecule has 0 aromatic heterocycles. The fourth-order valence-electron chi connectivity index (χ4n) is 2.85. The van der Waals surface area contributed by atoms with Gasteiger partial charge in [-0.3, -0.25) is 0 Å². The average Bonchev–Trinajstić information content (AvgIpc) is 2.56. The molecule has 13 heavy (non-hydrogen) atoms. The lowest BCUT2D eigenvalue weighted by atomic mass is 9.81. The third-order valence-corrected chi connectivity index (χ3v) is 3.52. The molecule has 0 aromatic carbocycles. The van der Waals surface area contributed by atoms with Crippen molar-refractivity contribution in [1.82, 2.24) is 5.32 Å². The highest BCUT2D eigenvalue weighted by Crippen LogP contribution is 2.42. The Morgan fingerprint density at radius 1 is 1.31 bits per heavy atom. The summed E-state index contributed by atoms with van der Waals surface area (Å²) in [5, 5.41) is 3.45. The summed E-state index contributed by atoms with van der Waals surface area (Å²) >= 11 is 0. The summed E-state index contributed by atoms with van der Waals surface area (Å²) in [5.41, 5.74) is 3.22. The molecule has 2 aliphatic carbocycles. The lowest BCUT2D eigenvalue weighted by Gasteiger charge is -2.28. The van der Waals surface area contributed by atoms with Crippen LogP contribution in [0.3, 0.4) is 0 Å². The van der Waals surface area contributed by atoms with E-state index in [9.17, 15) is 0 Å². The Morgan fingerprint density at radius 3 is 3.31 bits per heavy atom. The monoisotopic (exact) mass is 173 g/mol. The number of piperidine rings is 1. The van der Waals surface area contributed by atoms with E-state index in [1.165, 1.54) is 19.4 Å². The topological polar surface area (TPSA) is 12.0 Å². The molecular weight excluding hydrogens is 158 g/mol. The summed E-state index contributed by atoms with van der Waals surface area (Å²) in [6.45, 7) is 2.33. The Labute approximate surface area is 79.2 Å². The van der Waals surface area contributed by atoms with Crippen molar-refractivity contribution in [2.24, 2.45) is 11.8 Å². The van der Waals surface area contributed by atoms with Gasteiger partial charge in [-0.15, -0.1) is 0 Å². The molecular formula is C12H15N. The van der Waals surface area contributed by atoms with Crippen LogP contribution in [0.5, 0.6) is 0 Å². The average molecular weight is 173 g/mol. The van der Waals surface area contributed by atoms with E-state index >= 15 is 0 Å². The second-order valence-electron chi connectivity index (χ2n) is 4.23. The van der Waals surface area contributed by atoms with E-state index in [4.69, 9.17) is 0 Å². The number of hydrogen-bond acceptors (Lipinski definition) is 1. The molecule has 0 saturated carbocycles. The van der Waals surface area contributed by atoms with Gasteiger partial charge in [0.2, 0.25) is 0 Å². The quantitative estimate of drug-likeness (QED) is 0.591. The van der Waals surface area contributed by atoms with Gasteiger partial charge < -0.3 is 5.32 Å². The van der Waals surface area contributed by atoms with Crippen molar-refractivity contribution in [3.8, 4) is 0 Å². The predicted molar refractivity (Wildman–Crippen MR) is 54.4 cm³/mol. The molecule has 3 rings (SSSR count). The van der Waals surface area contributed by atoms with E-state index in [1.54, 1.807) is 11.1 Å². The van der Waals surface area contributed by atoms with Gasteiger partial charge in [0.05, 0.1) is 0 Å². The Balaban J connectivity index is 1.96. The van der Waals surface area contributed by atoms with E-state index in [1.807, 2.05) is 0 Å². The summed E-state index contributed by atoms with van der Waals surface area (Å²) in [5.74, 6) is 1.68. The van der Waals surface area contributed by atoms with E-state index in [0.717, 1.165) is 18.4 Å². The first kappa shape index (κ1) is 7.57. The normalized spacial score (nSPS) is 36.3. The van der Waals surface area contributed by atoms with E-state index < -0.39 is 0 Å². The molecule has 1 N–H and O–H groups in total. The first-order chi connectivity index (χ1) is 6.45. The van der Waals surface area contributed by atoms with Crippen LogP contribution in [0.1, 0.15) is 12.8 Å². The highest BCUT2D eigenvalue weighted by molar-refractivity contribution is 5.42. The van der Waals surface area contributed by atoms with Gasteiger partial charge in [-0.05, 0) is 36.8 Å². The van der Waals surface area contributed by atoms with Gasteiger partial charge in [-0.1, -0.05) is 29.9 Å². The molecule has 1 heteroatoms. The zero-order valence-electron chi connectivity index (χ0n) is 7.79. The predicted octanol–water partition coefficient (Wildman–Crippen LogP) is 2.04. The number of hydrogen-bond donors (Lipinski definition) is 1. The third kappa shape index (κ3) is 1.11. The molecule has 2 atom stereocenters. The molecule has 68 valence electrons. The minimum atomic E-state index is 0.821. The zero-order valence-corrected chi connectivity index (χ0v) is 7.79. The Kier molecular flexibility index (Phi) is 1.66. The molecule has 0 radical (unpaired) electrons. The van der Waals surface area contributed by atoms with E-state index in [-0.39, 0.29) is 0 Å². The van der Waals surface area contributed by atoms with E-state index in [0.29, 0.717) is 0 Å². The molecule has 1 fully saturated rings. The molecule has 0 aromatic rings. The van der Waals surface area contributed by atoms with Crippen molar-refractivity contribution in [2.45, 2.75) is 12.8 Å². The van der Waals surface area contributed by atoms with Crippen molar-refractivity contribution in [2.75, 3.05) is 13.1 Å². The van der Waals surface area contributed by atoms with Crippen molar-refractivity contribution in [3.05, 3.63) is 35.5 Å². The van der Waals surface area contributed by atoms with Crippen LogP contribution in [0.15, 0.2) is 35.5 Å². The van der Waals surface area contributed by atoms with Gasteiger partial charge in [0.15, 0.2) is 0 Å². The number of rotatable bonds is 0. The number of allylic oxidation sites excluding steroid dienone is 5. The lowest BCUT2D eigenvalue weighted by molar-refractivity contribution is 0.386. The van der Waals surface area contributed by atoms with Crippen molar-refractivity contribution >= 4 is 0 Å². The molecule has 0 amide bonds. The standard InChI is InChI=1S/C12H15N/c1-2-4-11-9(3-1)7-10-8-13-6-5-12(10)11/h1-3,7,11-13H,4-6,8H2. The highest BCUT2D eigenvalue weighted by Gasteiger charge is 2.33. The van der Waals surface area contributed by atoms with Gasteiger partial charge >= 0.3 is 0 Å². The SMILES string of the molecule is C1=CCC2C(=C1)C=C1CNCCC12. The van der Waals surface area contributed by atoms with Crippen LogP contribution < -0.4 is 5.32 Å². The molecule has 0 spiro atoms. The molecule has 1 saturated heterocycles. The first-order valence-corrected chi connectivity index (χ1v) is 5.23. The van der Waals surface area contributed by atoms with Crippen LogP contribution in [0.2, 0.25) is 0 Å². The Hall–Kier alpha value is -0.820. The number of nitrogens with one attached hydrogen (secondary N) is 1. The second-order valence-corrected chi connectivity index (χ2v) is 4.23. The zero-order chi connectivity index (χ0) is 8.67. The Morgan fingerprint density at radius 2 is 2.31 bits per heavy atom. The fraction of sp³-hybridized carbons (Fsp3) is 0.500. The minimum Gasteiger partial charge on any atom is -0.313 e. The van der Waals surface area contributed by atoms with Crippen molar-refractivity contribution in [1.29, 1.82) is 0 Å². The van der Waals surface area contributed by atoms with Crippen LogP contribution in [0.25, 0.3) is 0 Å². The highest BCUT2D eigenvalue weighted by atomic mass is 14.9. The minimum absolute atomic E-state index is 0.821. The smallest absolute Gasteiger partial charge is 0.0170 e. The second kappa shape index (κ2) is 2.85. The maximum Gasteiger partial charge on any atom is 0.0170 e. The maximum absolute atomic E-state index is 3.45. The van der Waals surface area contributed by atoms with Gasteiger partial charge in [0, 0.05) is 6.54 Å². The van der Waals surface area contributed by atoms with Crippen LogP contribution in [-0.4, -0.2) is 13.1 Å². The molecule has 3 aliphatic rings. The third-order valence-electron chi connectivity index (χ3n) is 3.52. The van der Waals surface area contributed by atoms with Gasteiger partial charge in [0.25, 0.3) is 0 Å². The van der Waals surface area contributed by atoms with Crippen LogP contribution >= 0.6 is 0 Å². The fourth-order valence-corrected chi connectivity index (χ4v) is 2.85. The summed E-state index contributed by atoms with van der Waals surface area (Å²) in [7, 11) is 0. The summed E-state index contributed by atoms with van der Waals surface area (Å²) in [4.78, 5) is 0. The Bertz CT molecular complexity index is 309. The molecule has 0 bridgehead atoms. The summed E-state index contributed by atoms with van der Waals surface area (Å²) in [6, 6.07) is 0. The van der Waals surface area contributed by atoms with Crippen LogP contribution in [0, 0.1) is 11.8 Å². The largest absolute Gasteiger partial charge is 0.313 e. The van der Waals surface area contributed by atoms with Crippen molar-refractivity contribution < 1.29 is 0 Å². The van der Waals surface area contributed by atoms with Crippen LogP contribution in [-0.2, 0) is 0 Å².